The van der Waals surface area contributed by atoms with Gasteiger partial charge < -0.3 is 10.2 Å². The van der Waals surface area contributed by atoms with Crippen LogP contribution in [0.1, 0.15) is 87.6 Å². The lowest BCUT2D eigenvalue weighted by atomic mass is 9.80. The summed E-state index contributed by atoms with van der Waals surface area (Å²) in [7, 11) is 0. The number of rotatable bonds is 7. The summed E-state index contributed by atoms with van der Waals surface area (Å²) < 4.78 is 27.0. The van der Waals surface area contributed by atoms with Crippen molar-refractivity contribution in [2.24, 2.45) is 11.8 Å². The van der Waals surface area contributed by atoms with Gasteiger partial charge in [-0.3, -0.25) is 14.4 Å². The van der Waals surface area contributed by atoms with Crippen LogP contribution in [-0.2, 0) is 9.59 Å². The van der Waals surface area contributed by atoms with Crippen LogP contribution < -0.4 is 5.32 Å². The smallest absolute Gasteiger partial charge is 0.322 e. The van der Waals surface area contributed by atoms with Crippen LogP contribution in [0.3, 0.4) is 0 Å². The molecule has 33 heavy (non-hydrogen) atoms. The summed E-state index contributed by atoms with van der Waals surface area (Å²) in [4.78, 5) is 39.3. The lowest BCUT2D eigenvalue weighted by Gasteiger charge is -2.34. The maximum atomic E-state index is 13.5. The molecular weight excluding hydrogens is 426 g/mol. The third-order valence-corrected chi connectivity index (χ3v) is 6.99. The van der Waals surface area contributed by atoms with Crippen LogP contribution in [0.25, 0.3) is 0 Å². The number of likely N-dealkylation sites (tertiary alicyclic amines) is 1. The number of piperidine rings is 1. The highest BCUT2D eigenvalue weighted by atomic mass is 19.3. The molecule has 0 bridgehead atoms. The zero-order valence-corrected chi connectivity index (χ0v) is 19.9. The number of benzene rings is 1. The van der Waals surface area contributed by atoms with Gasteiger partial charge in [-0.15, -0.1) is 0 Å². The summed E-state index contributed by atoms with van der Waals surface area (Å²) in [6.07, 6.45) is 6.60. The molecule has 1 aromatic rings. The van der Waals surface area contributed by atoms with Crippen LogP contribution in [0.15, 0.2) is 24.3 Å². The number of alkyl halides is 2. The number of halogens is 2. The first kappa shape index (κ1) is 25.3. The highest BCUT2D eigenvalue weighted by Crippen LogP contribution is 2.31. The normalized spacial score (nSPS) is 21.0. The van der Waals surface area contributed by atoms with Crippen LogP contribution in [0.4, 0.5) is 8.78 Å². The second-order valence-electron chi connectivity index (χ2n) is 10.0. The van der Waals surface area contributed by atoms with E-state index < -0.39 is 17.9 Å². The number of nitrogens with one attached hydrogen (secondary N) is 1. The minimum Gasteiger partial charge on any atom is -0.342 e. The van der Waals surface area contributed by atoms with Crippen molar-refractivity contribution in [3.63, 3.8) is 0 Å². The lowest BCUT2D eigenvalue weighted by Crippen LogP contribution is -2.48. The monoisotopic (exact) mass is 462 g/mol. The quantitative estimate of drug-likeness (QED) is 0.623. The fraction of sp³-hybridized carbons (Fsp3) is 0.654. The first-order chi connectivity index (χ1) is 15.6. The molecule has 1 aliphatic carbocycles. The predicted molar refractivity (Wildman–Crippen MR) is 123 cm³/mol. The summed E-state index contributed by atoms with van der Waals surface area (Å²) in [6.45, 7) is 4.88. The Morgan fingerprint density at radius 1 is 1.06 bits per heavy atom. The van der Waals surface area contributed by atoms with E-state index in [0.717, 1.165) is 37.7 Å². The van der Waals surface area contributed by atoms with Crippen molar-refractivity contribution in [2.75, 3.05) is 13.1 Å². The third kappa shape index (κ3) is 6.39. The molecule has 1 saturated heterocycles. The molecule has 1 aromatic carbocycles. The highest BCUT2D eigenvalue weighted by Gasteiger charge is 2.39. The van der Waals surface area contributed by atoms with E-state index in [2.05, 4.69) is 5.32 Å². The van der Waals surface area contributed by atoms with Gasteiger partial charge in [0.25, 0.3) is 11.8 Å². The van der Waals surface area contributed by atoms with Crippen molar-refractivity contribution in [3.8, 4) is 0 Å². The van der Waals surface area contributed by atoms with E-state index in [0.29, 0.717) is 25.5 Å². The van der Waals surface area contributed by atoms with Crippen molar-refractivity contribution in [3.05, 3.63) is 35.4 Å². The number of hydrogen-bond donors (Lipinski definition) is 1. The number of amides is 2. The van der Waals surface area contributed by atoms with E-state index in [1.807, 2.05) is 19.9 Å². The van der Waals surface area contributed by atoms with Gasteiger partial charge in [0.15, 0.2) is 5.78 Å². The number of nitrogens with zero attached hydrogens (tertiary/aromatic N) is 1. The van der Waals surface area contributed by atoms with Gasteiger partial charge in [0.05, 0.1) is 6.04 Å². The van der Waals surface area contributed by atoms with Gasteiger partial charge in [-0.05, 0) is 49.3 Å². The van der Waals surface area contributed by atoms with E-state index in [9.17, 15) is 23.2 Å². The molecule has 182 valence electrons. The average molecular weight is 463 g/mol. The Hall–Kier alpha value is -2.31. The maximum absolute atomic E-state index is 13.5. The van der Waals surface area contributed by atoms with Gasteiger partial charge in [0, 0.05) is 37.4 Å². The molecule has 5 nitrogen and oxygen atoms in total. The van der Waals surface area contributed by atoms with E-state index in [1.165, 1.54) is 11.3 Å². The van der Waals surface area contributed by atoms with Crippen molar-refractivity contribution in [1.82, 2.24) is 10.2 Å². The SMILES string of the molecule is CC(C)C(=O)[C@H](NC(=O)c1cccc(C2CCCN(C(=O)C(C)(F)F)C2)c1)C1CCCCC1. The molecule has 0 spiro atoms. The largest absolute Gasteiger partial charge is 0.342 e. The number of Topliss-reactive ketones (excluding diaryl/α,β-unsaturated/α-hetero) is 1. The Balaban J connectivity index is 1.74. The molecule has 2 amide bonds. The minimum absolute atomic E-state index is 0.0633. The van der Waals surface area contributed by atoms with Crippen LogP contribution >= 0.6 is 0 Å². The van der Waals surface area contributed by atoms with E-state index in [1.54, 1.807) is 18.2 Å². The molecule has 1 unspecified atom stereocenters. The van der Waals surface area contributed by atoms with Gasteiger partial charge in [-0.25, -0.2) is 0 Å². The van der Waals surface area contributed by atoms with Crippen LogP contribution in [-0.4, -0.2) is 47.6 Å². The second-order valence-corrected chi connectivity index (χ2v) is 10.0. The topological polar surface area (TPSA) is 66.5 Å². The molecule has 0 radical (unpaired) electrons. The standard InChI is InChI=1S/C26H36F2N2O3/c1-17(2)23(31)22(18-9-5-4-6-10-18)29-24(32)20-12-7-11-19(15-20)21-13-8-14-30(16-21)25(33)26(3,27)28/h7,11-12,15,17-18,21-22H,4-6,8-10,13-14,16H2,1-3H3,(H,29,32)/t21?,22-/m1/s1. The second kappa shape index (κ2) is 10.7. The molecule has 2 fully saturated rings. The van der Waals surface area contributed by atoms with Crippen LogP contribution in [0.5, 0.6) is 0 Å². The predicted octanol–water partition coefficient (Wildman–Crippen LogP) is 4.95. The average Bonchev–Trinajstić information content (AvgIpc) is 2.81. The van der Waals surface area contributed by atoms with Gasteiger partial charge in [-0.1, -0.05) is 45.2 Å². The fourth-order valence-corrected chi connectivity index (χ4v) is 5.12. The van der Waals surface area contributed by atoms with E-state index in [-0.39, 0.29) is 36.0 Å². The van der Waals surface area contributed by atoms with E-state index >= 15 is 0 Å². The Bertz CT molecular complexity index is 859. The van der Waals surface area contributed by atoms with Gasteiger partial charge >= 0.3 is 5.92 Å². The zero-order chi connectivity index (χ0) is 24.2. The molecule has 7 heteroatoms. The molecule has 1 aliphatic heterocycles. The minimum atomic E-state index is -3.39. The first-order valence-corrected chi connectivity index (χ1v) is 12.2. The van der Waals surface area contributed by atoms with Crippen LogP contribution in [0, 0.1) is 11.8 Å². The molecule has 3 rings (SSSR count). The molecule has 1 heterocycles. The molecule has 2 aliphatic rings. The Morgan fingerprint density at radius 2 is 1.76 bits per heavy atom. The van der Waals surface area contributed by atoms with Gasteiger partial charge in [0.1, 0.15) is 0 Å². The van der Waals surface area contributed by atoms with Gasteiger partial charge in [-0.2, -0.15) is 8.78 Å². The van der Waals surface area contributed by atoms with Gasteiger partial charge in [0.2, 0.25) is 0 Å². The van der Waals surface area contributed by atoms with Crippen molar-refractivity contribution >= 4 is 17.6 Å². The number of carbonyl (C=O) groups is 3. The van der Waals surface area contributed by atoms with Crippen LogP contribution in [0.2, 0.25) is 0 Å². The summed E-state index contributed by atoms with van der Waals surface area (Å²) in [6, 6.07) is 6.64. The van der Waals surface area contributed by atoms with Crippen molar-refractivity contribution in [2.45, 2.75) is 83.6 Å². The van der Waals surface area contributed by atoms with Crippen molar-refractivity contribution in [1.29, 1.82) is 0 Å². The summed E-state index contributed by atoms with van der Waals surface area (Å²) in [5.41, 5.74) is 1.30. The lowest BCUT2D eigenvalue weighted by molar-refractivity contribution is -0.156. The third-order valence-electron chi connectivity index (χ3n) is 6.99. The van der Waals surface area contributed by atoms with Crippen molar-refractivity contribution < 1.29 is 23.2 Å². The molecule has 1 N–H and O–H groups in total. The summed E-state index contributed by atoms with van der Waals surface area (Å²) >= 11 is 0. The highest BCUT2D eigenvalue weighted by molar-refractivity contribution is 5.98. The maximum Gasteiger partial charge on any atom is 0.322 e. The summed E-state index contributed by atoms with van der Waals surface area (Å²) in [5.74, 6) is -4.87. The number of carbonyl (C=O) groups excluding carboxylic acids is 3. The molecule has 0 aromatic heterocycles. The number of hydrogen-bond acceptors (Lipinski definition) is 3. The summed E-state index contributed by atoms with van der Waals surface area (Å²) in [5, 5.41) is 3.01. The Kier molecular flexibility index (Phi) is 8.24. The molecule has 2 atom stereocenters. The Labute approximate surface area is 195 Å². The molecule has 1 saturated carbocycles. The zero-order valence-electron chi connectivity index (χ0n) is 19.9. The Morgan fingerprint density at radius 3 is 2.39 bits per heavy atom. The molecular formula is C26H36F2N2O3. The fourth-order valence-electron chi connectivity index (χ4n) is 5.12. The van der Waals surface area contributed by atoms with E-state index in [4.69, 9.17) is 0 Å². The first-order valence-electron chi connectivity index (χ1n) is 12.2. The number of ketones is 1.